The summed E-state index contributed by atoms with van der Waals surface area (Å²) in [7, 11) is 0. The second kappa shape index (κ2) is 4.83. The van der Waals surface area contributed by atoms with E-state index in [0.717, 1.165) is 19.6 Å². The van der Waals surface area contributed by atoms with E-state index in [1.165, 1.54) is 25.7 Å². The fraction of sp³-hybridized carbons (Fsp3) is 1.00. The van der Waals surface area contributed by atoms with Gasteiger partial charge in [-0.2, -0.15) is 0 Å². The van der Waals surface area contributed by atoms with Gasteiger partial charge in [0.25, 0.3) is 0 Å². The van der Waals surface area contributed by atoms with Gasteiger partial charge in [0.2, 0.25) is 0 Å². The molecule has 12 heavy (non-hydrogen) atoms. The predicted molar refractivity (Wildman–Crippen MR) is 51.1 cm³/mol. The van der Waals surface area contributed by atoms with E-state index in [1.807, 2.05) is 0 Å². The zero-order valence-electron chi connectivity index (χ0n) is 8.36. The van der Waals surface area contributed by atoms with E-state index < -0.39 is 0 Å². The van der Waals surface area contributed by atoms with E-state index in [1.54, 1.807) is 0 Å². The monoisotopic (exact) mass is 171 g/mol. The molecule has 2 heteroatoms. The Hall–Kier alpha value is -0.0800. The molecule has 0 aromatic carbocycles. The quantitative estimate of drug-likeness (QED) is 0.641. The van der Waals surface area contributed by atoms with Gasteiger partial charge in [-0.1, -0.05) is 26.2 Å². The molecule has 0 aliphatic carbocycles. The van der Waals surface area contributed by atoms with Crippen molar-refractivity contribution in [2.45, 2.75) is 51.7 Å². The van der Waals surface area contributed by atoms with Crippen molar-refractivity contribution in [3.05, 3.63) is 0 Å². The summed E-state index contributed by atoms with van der Waals surface area (Å²) in [6, 6.07) is 0. The molecule has 0 bridgehead atoms. The molecule has 2 nitrogen and oxygen atoms in total. The first-order valence-corrected chi connectivity index (χ1v) is 5.16. The lowest BCUT2D eigenvalue weighted by Crippen LogP contribution is -2.37. The minimum Gasteiger partial charge on any atom is -0.360 e. The van der Waals surface area contributed by atoms with E-state index >= 15 is 0 Å². The highest BCUT2D eigenvalue weighted by Gasteiger charge is 2.27. The maximum Gasteiger partial charge on any atom is 0.116 e. The summed E-state index contributed by atoms with van der Waals surface area (Å²) in [5.74, 6) is 0. The van der Waals surface area contributed by atoms with Crippen molar-refractivity contribution in [2.75, 3.05) is 13.2 Å². The van der Waals surface area contributed by atoms with Crippen LogP contribution in [-0.2, 0) is 4.74 Å². The third-order valence-electron chi connectivity index (χ3n) is 2.53. The largest absolute Gasteiger partial charge is 0.360 e. The molecule has 1 aliphatic heterocycles. The van der Waals surface area contributed by atoms with Crippen molar-refractivity contribution in [3.8, 4) is 0 Å². The van der Waals surface area contributed by atoms with Gasteiger partial charge in [-0.15, -0.1) is 0 Å². The molecule has 1 unspecified atom stereocenters. The molecule has 1 rings (SSSR count). The molecule has 1 fully saturated rings. The van der Waals surface area contributed by atoms with Crippen molar-refractivity contribution >= 4 is 0 Å². The zero-order valence-corrected chi connectivity index (χ0v) is 8.36. The average molecular weight is 171 g/mol. The zero-order chi connectivity index (χ0) is 8.86. The van der Waals surface area contributed by atoms with Crippen LogP contribution in [0.15, 0.2) is 0 Å². The Morgan fingerprint density at radius 2 is 2.17 bits per heavy atom. The molecule has 1 saturated heterocycles. The van der Waals surface area contributed by atoms with Gasteiger partial charge in [0.1, 0.15) is 5.72 Å². The van der Waals surface area contributed by atoms with Crippen molar-refractivity contribution < 1.29 is 4.74 Å². The molecule has 0 radical (unpaired) electrons. The van der Waals surface area contributed by atoms with Crippen molar-refractivity contribution in [1.29, 1.82) is 0 Å². The molecule has 1 atom stereocenters. The molecule has 0 amide bonds. The van der Waals surface area contributed by atoms with E-state index in [2.05, 4.69) is 19.2 Å². The van der Waals surface area contributed by atoms with Crippen LogP contribution in [0, 0.1) is 0 Å². The molecule has 1 heterocycles. The summed E-state index contributed by atoms with van der Waals surface area (Å²) in [6.07, 6.45) is 6.46. The molecule has 0 saturated carbocycles. The number of hydrogen-bond donors (Lipinski definition) is 1. The first kappa shape index (κ1) is 10.0. The van der Waals surface area contributed by atoms with Crippen LogP contribution < -0.4 is 5.32 Å². The van der Waals surface area contributed by atoms with Crippen molar-refractivity contribution in [1.82, 2.24) is 5.32 Å². The van der Waals surface area contributed by atoms with Crippen molar-refractivity contribution in [3.63, 3.8) is 0 Å². The highest BCUT2D eigenvalue weighted by molar-refractivity contribution is 4.77. The second-order valence-corrected chi connectivity index (χ2v) is 3.82. The van der Waals surface area contributed by atoms with Crippen LogP contribution in [0.1, 0.15) is 46.0 Å². The summed E-state index contributed by atoms with van der Waals surface area (Å²) in [6.45, 7) is 6.30. The van der Waals surface area contributed by atoms with E-state index in [4.69, 9.17) is 4.74 Å². The Balaban J connectivity index is 2.05. The molecule has 72 valence electrons. The molecule has 1 aliphatic rings. The molecule has 0 aromatic rings. The van der Waals surface area contributed by atoms with E-state index in [9.17, 15) is 0 Å². The summed E-state index contributed by atoms with van der Waals surface area (Å²) in [4.78, 5) is 0. The Morgan fingerprint density at radius 1 is 1.33 bits per heavy atom. The highest BCUT2D eigenvalue weighted by Crippen LogP contribution is 2.19. The SMILES string of the molecule is CCCCCCC1(C)NCCO1. The van der Waals surface area contributed by atoms with Gasteiger partial charge in [-0.3, -0.25) is 5.32 Å². The predicted octanol–water partition coefficient (Wildman–Crippen LogP) is 2.29. The molecule has 0 aromatic heterocycles. The molecule has 1 N–H and O–H groups in total. The smallest absolute Gasteiger partial charge is 0.116 e. The van der Waals surface area contributed by atoms with Crippen molar-refractivity contribution in [2.24, 2.45) is 0 Å². The van der Waals surface area contributed by atoms with Gasteiger partial charge in [0, 0.05) is 6.54 Å². The summed E-state index contributed by atoms with van der Waals surface area (Å²) in [5, 5.41) is 3.39. The molecule has 0 spiro atoms. The van der Waals surface area contributed by atoms with Crippen LogP contribution in [0.25, 0.3) is 0 Å². The van der Waals surface area contributed by atoms with Gasteiger partial charge in [-0.25, -0.2) is 0 Å². The lowest BCUT2D eigenvalue weighted by Gasteiger charge is -2.23. The number of rotatable bonds is 5. The van der Waals surface area contributed by atoms with Gasteiger partial charge in [-0.05, 0) is 19.8 Å². The number of hydrogen-bond acceptors (Lipinski definition) is 2. The minimum absolute atomic E-state index is 0.00621. The average Bonchev–Trinajstić information content (AvgIpc) is 2.47. The van der Waals surface area contributed by atoms with Crippen LogP contribution in [0.5, 0.6) is 0 Å². The van der Waals surface area contributed by atoms with Crippen LogP contribution in [0.2, 0.25) is 0 Å². The Bertz CT molecular complexity index is 119. The first-order valence-electron chi connectivity index (χ1n) is 5.16. The lowest BCUT2D eigenvalue weighted by molar-refractivity contribution is -0.00248. The molecular weight excluding hydrogens is 150 g/mol. The third-order valence-corrected chi connectivity index (χ3v) is 2.53. The Kier molecular flexibility index (Phi) is 4.02. The summed E-state index contributed by atoms with van der Waals surface area (Å²) < 4.78 is 5.61. The maximum atomic E-state index is 5.61. The van der Waals surface area contributed by atoms with Gasteiger partial charge >= 0.3 is 0 Å². The van der Waals surface area contributed by atoms with Crippen LogP contribution in [0.4, 0.5) is 0 Å². The summed E-state index contributed by atoms with van der Waals surface area (Å²) >= 11 is 0. The van der Waals surface area contributed by atoms with Crippen LogP contribution in [-0.4, -0.2) is 18.9 Å². The number of ether oxygens (including phenoxy) is 1. The van der Waals surface area contributed by atoms with Crippen LogP contribution >= 0.6 is 0 Å². The highest BCUT2D eigenvalue weighted by atomic mass is 16.5. The van der Waals surface area contributed by atoms with Crippen LogP contribution in [0.3, 0.4) is 0 Å². The summed E-state index contributed by atoms with van der Waals surface area (Å²) in [5.41, 5.74) is -0.00621. The Morgan fingerprint density at radius 3 is 2.75 bits per heavy atom. The topological polar surface area (TPSA) is 21.3 Å². The fourth-order valence-electron chi connectivity index (χ4n) is 1.69. The number of unbranched alkanes of at least 4 members (excludes halogenated alkanes) is 3. The minimum atomic E-state index is -0.00621. The fourth-order valence-corrected chi connectivity index (χ4v) is 1.69. The molecular formula is C10H21NO. The number of nitrogens with one attached hydrogen (secondary N) is 1. The normalized spacial score (nSPS) is 29.5. The van der Waals surface area contributed by atoms with Gasteiger partial charge in [0.05, 0.1) is 6.61 Å². The van der Waals surface area contributed by atoms with E-state index in [-0.39, 0.29) is 5.72 Å². The Labute approximate surface area is 75.7 Å². The second-order valence-electron chi connectivity index (χ2n) is 3.82. The lowest BCUT2D eigenvalue weighted by atomic mass is 10.1. The van der Waals surface area contributed by atoms with E-state index in [0.29, 0.717) is 0 Å². The van der Waals surface area contributed by atoms with Gasteiger partial charge in [0.15, 0.2) is 0 Å². The first-order chi connectivity index (χ1) is 5.77. The maximum absolute atomic E-state index is 5.61. The third kappa shape index (κ3) is 3.11. The van der Waals surface area contributed by atoms with Gasteiger partial charge < -0.3 is 4.74 Å². The standard InChI is InChI=1S/C10H21NO/c1-3-4-5-6-7-10(2)11-8-9-12-10/h11H,3-9H2,1-2H3.